The number of methoxy groups -OCH3 is 3. The van der Waals surface area contributed by atoms with Crippen molar-refractivity contribution >= 4 is 17.3 Å². The Morgan fingerprint density at radius 3 is 2.28 bits per heavy atom. The molecule has 130 valence electrons. The topological polar surface area (TPSA) is 92.6 Å². The molecule has 0 heterocycles. The van der Waals surface area contributed by atoms with Crippen LogP contribution >= 0.6 is 0 Å². The van der Waals surface area contributed by atoms with E-state index in [0.29, 0.717) is 34.2 Å². The number of anilines is 2. The first-order chi connectivity index (χ1) is 12.1. The molecule has 2 aromatic rings. The predicted octanol–water partition coefficient (Wildman–Crippen LogP) is 2.63. The lowest BCUT2D eigenvalue weighted by atomic mass is 10.2. The number of para-hydroxylation sites is 1. The van der Waals surface area contributed by atoms with Crippen molar-refractivity contribution in [3.8, 4) is 23.3 Å². The van der Waals surface area contributed by atoms with Gasteiger partial charge in [-0.15, -0.1) is 0 Å². The summed E-state index contributed by atoms with van der Waals surface area (Å²) < 4.78 is 15.8. The lowest BCUT2D eigenvalue weighted by Gasteiger charge is -2.15. The number of nitrogens with one attached hydrogen (secondary N) is 2. The summed E-state index contributed by atoms with van der Waals surface area (Å²) in [4.78, 5) is 12.1. The highest BCUT2D eigenvalue weighted by molar-refractivity contribution is 5.95. The molecular weight excluding hydrogens is 322 g/mol. The van der Waals surface area contributed by atoms with E-state index in [2.05, 4.69) is 10.6 Å². The maximum absolute atomic E-state index is 12.1. The Morgan fingerprint density at radius 2 is 1.72 bits per heavy atom. The largest absolute Gasteiger partial charge is 0.493 e. The van der Waals surface area contributed by atoms with Gasteiger partial charge in [0.2, 0.25) is 11.7 Å². The van der Waals surface area contributed by atoms with E-state index in [0.717, 1.165) is 0 Å². The van der Waals surface area contributed by atoms with Crippen molar-refractivity contribution in [2.75, 3.05) is 38.5 Å². The summed E-state index contributed by atoms with van der Waals surface area (Å²) in [5.74, 6) is 1.17. The molecule has 2 rings (SSSR count). The second-order valence-corrected chi connectivity index (χ2v) is 4.97. The number of carbonyl (C=O) groups is 1. The smallest absolute Gasteiger partial charge is 0.243 e. The Labute approximate surface area is 146 Å². The third-order valence-electron chi connectivity index (χ3n) is 3.44. The van der Waals surface area contributed by atoms with Gasteiger partial charge in [-0.05, 0) is 12.1 Å². The van der Waals surface area contributed by atoms with E-state index in [4.69, 9.17) is 19.5 Å². The zero-order valence-electron chi connectivity index (χ0n) is 14.3. The predicted molar refractivity (Wildman–Crippen MR) is 94.4 cm³/mol. The monoisotopic (exact) mass is 341 g/mol. The van der Waals surface area contributed by atoms with Crippen molar-refractivity contribution in [1.82, 2.24) is 0 Å². The highest BCUT2D eigenvalue weighted by Crippen LogP contribution is 2.39. The van der Waals surface area contributed by atoms with Crippen LogP contribution in [0, 0.1) is 11.3 Å². The van der Waals surface area contributed by atoms with Crippen LogP contribution in [0.15, 0.2) is 36.4 Å². The van der Waals surface area contributed by atoms with E-state index in [-0.39, 0.29) is 12.5 Å². The van der Waals surface area contributed by atoms with Gasteiger partial charge >= 0.3 is 0 Å². The summed E-state index contributed by atoms with van der Waals surface area (Å²) in [6.45, 7) is 0.0123. The quantitative estimate of drug-likeness (QED) is 0.804. The fourth-order valence-corrected chi connectivity index (χ4v) is 2.25. The molecule has 0 fully saturated rings. The number of amides is 1. The molecule has 0 aliphatic carbocycles. The molecule has 0 saturated heterocycles. The molecule has 0 aliphatic rings. The molecule has 0 radical (unpaired) electrons. The highest BCUT2D eigenvalue weighted by atomic mass is 16.5. The molecule has 2 aromatic carbocycles. The molecule has 0 unspecified atom stereocenters. The molecule has 0 aromatic heterocycles. The number of hydrogen-bond acceptors (Lipinski definition) is 6. The minimum atomic E-state index is -0.281. The molecule has 0 spiro atoms. The molecule has 0 saturated carbocycles. The fraction of sp³-hybridized carbons (Fsp3) is 0.222. The number of benzene rings is 2. The van der Waals surface area contributed by atoms with Crippen LogP contribution in [0.3, 0.4) is 0 Å². The van der Waals surface area contributed by atoms with E-state index in [1.165, 1.54) is 21.3 Å². The van der Waals surface area contributed by atoms with Crippen LogP contribution < -0.4 is 24.8 Å². The molecule has 7 heteroatoms. The number of ether oxygens (including phenoxy) is 3. The van der Waals surface area contributed by atoms with Crippen molar-refractivity contribution in [2.24, 2.45) is 0 Å². The van der Waals surface area contributed by atoms with Gasteiger partial charge in [0, 0.05) is 17.8 Å². The van der Waals surface area contributed by atoms with Crippen molar-refractivity contribution in [1.29, 1.82) is 5.26 Å². The number of rotatable bonds is 7. The van der Waals surface area contributed by atoms with Gasteiger partial charge in [-0.2, -0.15) is 5.26 Å². The summed E-state index contributed by atoms with van der Waals surface area (Å²) in [5, 5.41) is 14.7. The van der Waals surface area contributed by atoms with Gasteiger partial charge in [0.25, 0.3) is 0 Å². The first kappa shape index (κ1) is 17.9. The standard InChI is InChI=1S/C18H19N3O4/c1-23-15-8-13(9-16(24-2)18(15)25-3)20-11-17(22)21-14-7-5-4-6-12(14)10-19/h4-9,20H,11H2,1-3H3,(H,21,22). The van der Waals surface area contributed by atoms with Crippen LogP contribution in [0.1, 0.15) is 5.56 Å². The maximum atomic E-state index is 12.1. The van der Waals surface area contributed by atoms with Crippen molar-refractivity contribution in [3.63, 3.8) is 0 Å². The van der Waals surface area contributed by atoms with E-state index >= 15 is 0 Å². The number of nitrogens with zero attached hydrogens (tertiary/aromatic N) is 1. The number of carbonyl (C=O) groups excluding carboxylic acids is 1. The van der Waals surface area contributed by atoms with E-state index in [9.17, 15) is 4.79 Å². The average Bonchev–Trinajstić information content (AvgIpc) is 2.65. The zero-order chi connectivity index (χ0) is 18.2. The molecule has 0 aliphatic heterocycles. The van der Waals surface area contributed by atoms with Crippen LogP contribution in [-0.2, 0) is 4.79 Å². The maximum Gasteiger partial charge on any atom is 0.243 e. The van der Waals surface area contributed by atoms with Crippen LogP contribution in [0.5, 0.6) is 17.2 Å². The summed E-state index contributed by atoms with van der Waals surface area (Å²) in [7, 11) is 4.56. The van der Waals surface area contributed by atoms with Crippen molar-refractivity contribution in [2.45, 2.75) is 0 Å². The van der Waals surface area contributed by atoms with Crippen LogP contribution in [0.25, 0.3) is 0 Å². The minimum Gasteiger partial charge on any atom is -0.493 e. The van der Waals surface area contributed by atoms with Gasteiger partial charge in [0.05, 0.1) is 39.1 Å². The molecule has 7 nitrogen and oxygen atoms in total. The van der Waals surface area contributed by atoms with Gasteiger partial charge in [-0.3, -0.25) is 4.79 Å². The van der Waals surface area contributed by atoms with Gasteiger partial charge in [-0.25, -0.2) is 0 Å². The Morgan fingerprint density at radius 1 is 1.08 bits per heavy atom. The number of hydrogen-bond donors (Lipinski definition) is 2. The fourth-order valence-electron chi connectivity index (χ4n) is 2.25. The normalized spacial score (nSPS) is 9.68. The summed E-state index contributed by atoms with van der Waals surface area (Å²) >= 11 is 0. The second kappa shape index (κ2) is 8.45. The summed E-state index contributed by atoms with van der Waals surface area (Å²) in [6.07, 6.45) is 0. The molecule has 1 amide bonds. The minimum absolute atomic E-state index is 0.0123. The van der Waals surface area contributed by atoms with E-state index in [1.807, 2.05) is 6.07 Å². The van der Waals surface area contributed by atoms with Crippen molar-refractivity contribution in [3.05, 3.63) is 42.0 Å². The Hall–Kier alpha value is -3.40. The lowest BCUT2D eigenvalue weighted by Crippen LogP contribution is -2.22. The molecule has 25 heavy (non-hydrogen) atoms. The Bertz CT molecular complexity index is 774. The van der Waals surface area contributed by atoms with Crippen LogP contribution in [-0.4, -0.2) is 33.8 Å². The third-order valence-corrected chi connectivity index (χ3v) is 3.44. The van der Waals surface area contributed by atoms with Gasteiger partial charge in [0.15, 0.2) is 11.5 Å². The Kier molecular flexibility index (Phi) is 6.07. The van der Waals surface area contributed by atoms with Crippen LogP contribution in [0.2, 0.25) is 0 Å². The number of nitriles is 1. The zero-order valence-corrected chi connectivity index (χ0v) is 14.3. The molecule has 2 N–H and O–H groups in total. The molecular formula is C18H19N3O4. The SMILES string of the molecule is COc1cc(NCC(=O)Nc2ccccc2C#N)cc(OC)c1OC. The lowest BCUT2D eigenvalue weighted by molar-refractivity contribution is -0.114. The van der Waals surface area contributed by atoms with Crippen molar-refractivity contribution < 1.29 is 19.0 Å². The van der Waals surface area contributed by atoms with E-state index in [1.54, 1.807) is 36.4 Å². The third kappa shape index (κ3) is 4.32. The van der Waals surface area contributed by atoms with Gasteiger partial charge in [0.1, 0.15) is 6.07 Å². The highest BCUT2D eigenvalue weighted by Gasteiger charge is 2.14. The van der Waals surface area contributed by atoms with Gasteiger partial charge < -0.3 is 24.8 Å². The average molecular weight is 341 g/mol. The summed E-state index contributed by atoms with van der Waals surface area (Å²) in [6, 6.07) is 12.3. The molecule has 0 bridgehead atoms. The summed E-state index contributed by atoms with van der Waals surface area (Å²) in [5.41, 5.74) is 1.52. The first-order valence-electron chi connectivity index (χ1n) is 7.45. The Balaban J connectivity index is 2.08. The van der Waals surface area contributed by atoms with E-state index < -0.39 is 0 Å². The van der Waals surface area contributed by atoms with Crippen LogP contribution in [0.4, 0.5) is 11.4 Å². The molecule has 0 atom stereocenters. The van der Waals surface area contributed by atoms with Gasteiger partial charge in [-0.1, -0.05) is 12.1 Å². The second-order valence-electron chi connectivity index (χ2n) is 4.97. The first-order valence-corrected chi connectivity index (χ1v) is 7.45.